The van der Waals surface area contributed by atoms with Crippen molar-refractivity contribution in [2.24, 2.45) is 0 Å². The summed E-state index contributed by atoms with van der Waals surface area (Å²) in [5.74, 6) is 0. The number of aromatic nitrogens is 1. The van der Waals surface area contributed by atoms with Crippen LogP contribution in [0.2, 0.25) is 0 Å². The summed E-state index contributed by atoms with van der Waals surface area (Å²) in [6.07, 6.45) is 0.962. The van der Waals surface area contributed by atoms with Crippen LogP contribution in [-0.4, -0.2) is 4.98 Å². The van der Waals surface area contributed by atoms with Crippen molar-refractivity contribution in [2.75, 3.05) is 0 Å². The van der Waals surface area contributed by atoms with Crippen LogP contribution in [0, 0.1) is 25.2 Å². The standard InChI is InChI=1S/C26H20N2S3/c1-4-23-28-15(2)25(31-23)24-19-7-5-6-8-21(19)30-26(24)20-13-22(29-16(20)3)18-11-9-17(14-27)10-12-18/h5-13H,4H2,1-3H3. The van der Waals surface area contributed by atoms with Crippen molar-refractivity contribution in [1.29, 1.82) is 5.26 Å². The molecule has 0 radical (unpaired) electrons. The second-order valence-corrected chi connectivity index (χ2v) is 10.8. The molecule has 3 heterocycles. The van der Waals surface area contributed by atoms with Gasteiger partial charge in [0.05, 0.1) is 27.2 Å². The number of hydrogen-bond donors (Lipinski definition) is 0. The van der Waals surface area contributed by atoms with E-state index < -0.39 is 0 Å². The lowest BCUT2D eigenvalue weighted by Gasteiger charge is -2.04. The number of nitrogens with zero attached hydrogens (tertiary/aromatic N) is 2. The molecule has 0 aliphatic carbocycles. The largest absolute Gasteiger partial charge is 0.246 e. The molecule has 31 heavy (non-hydrogen) atoms. The van der Waals surface area contributed by atoms with Gasteiger partial charge in [-0.2, -0.15) is 5.26 Å². The average Bonchev–Trinajstić information content (AvgIpc) is 3.47. The SMILES string of the molecule is CCc1nc(C)c(-c2c(-c3cc(-c4ccc(C#N)cc4)sc3C)sc3ccccc23)s1. The molecular weight excluding hydrogens is 437 g/mol. The molecule has 0 atom stereocenters. The van der Waals surface area contributed by atoms with E-state index in [1.54, 1.807) is 0 Å². The van der Waals surface area contributed by atoms with Crippen LogP contribution >= 0.6 is 34.0 Å². The lowest BCUT2D eigenvalue weighted by molar-refractivity contribution is 1.07. The van der Waals surface area contributed by atoms with Crippen molar-refractivity contribution in [3.8, 4) is 37.4 Å². The Kier molecular flexibility index (Phi) is 5.23. The fraction of sp³-hybridized carbons (Fsp3) is 0.154. The zero-order valence-corrected chi connectivity index (χ0v) is 20.0. The molecule has 0 aliphatic rings. The minimum absolute atomic E-state index is 0.691. The zero-order valence-electron chi connectivity index (χ0n) is 17.5. The van der Waals surface area contributed by atoms with Crippen LogP contribution in [0.3, 0.4) is 0 Å². The third-order valence-electron chi connectivity index (χ3n) is 5.43. The van der Waals surface area contributed by atoms with E-state index in [9.17, 15) is 0 Å². The third kappa shape index (κ3) is 3.51. The number of benzene rings is 2. The summed E-state index contributed by atoms with van der Waals surface area (Å²) in [5.41, 5.74) is 5.58. The molecule has 5 rings (SSSR count). The lowest BCUT2D eigenvalue weighted by atomic mass is 10.0. The summed E-state index contributed by atoms with van der Waals surface area (Å²) in [5, 5.41) is 11.6. The number of aryl methyl sites for hydroxylation is 3. The summed E-state index contributed by atoms with van der Waals surface area (Å²) in [4.78, 5) is 9.97. The molecule has 0 N–H and O–H groups in total. The first-order valence-corrected chi connectivity index (χ1v) is 12.6. The predicted molar refractivity (Wildman–Crippen MR) is 135 cm³/mol. The molecule has 5 heteroatoms. The third-order valence-corrected chi connectivity index (χ3v) is 9.05. The summed E-state index contributed by atoms with van der Waals surface area (Å²) < 4.78 is 1.31. The smallest absolute Gasteiger partial charge is 0.0991 e. The molecule has 0 amide bonds. The van der Waals surface area contributed by atoms with Crippen molar-refractivity contribution in [1.82, 2.24) is 4.98 Å². The maximum Gasteiger partial charge on any atom is 0.0991 e. The van der Waals surface area contributed by atoms with Gasteiger partial charge in [-0.25, -0.2) is 4.98 Å². The van der Waals surface area contributed by atoms with Crippen molar-refractivity contribution < 1.29 is 0 Å². The summed E-state index contributed by atoms with van der Waals surface area (Å²) >= 11 is 5.51. The molecule has 0 spiro atoms. The normalized spacial score (nSPS) is 11.2. The molecule has 0 saturated heterocycles. The van der Waals surface area contributed by atoms with E-state index in [1.807, 2.05) is 58.3 Å². The second-order valence-electron chi connectivity index (χ2n) is 7.45. The molecule has 0 unspecified atom stereocenters. The van der Waals surface area contributed by atoms with E-state index in [0.717, 1.165) is 17.7 Å². The molecule has 0 saturated carbocycles. The van der Waals surface area contributed by atoms with E-state index >= 15 is 0 Å². The first kappa shape index (κ1) is 20.1. The van der Waals surface area contributed by atoms with Crippen LogP contribution in [0.4, 0.5) is 0 Å². The van der Waals surface area contributed by atoms with Gasteiger partial charge in [0.15, 0.2) is 0 Å². The zero-order chi connectivity index (χ0) is 21.5. The number of rotatable bonds is 4. The lowest BCUT2D eigenvalue weighted by Crippen LogP contribution is -1.81. The first-order valence-electron chi connectivity index (χ1n) is 10.2. The number of nitriles is 1. The van der Waals surface area contributed by atoms with E-state index in [0.29, 0.717) is 5.56 Å². The summed E-state index contributed by atoms with van der Waals surface area (Å²) in [6.45, 7) is 6.50. The Hall–Kier alpha value is -2.78. The van der Waals surface area contributed by atoms with Gasteiger partial charge >= 0.3 is 0 Å². The number of thiophene rings is 2. The van der Waals surface area contributed by atoms with Crippen LogP contribution in [0.15, 0.2) is 54.6 Å². The van der Waals surface area contributed by atoms with Crippen LogP contribution < -0.4 is 0 Å². The monoisotopic (exact) mass is 456 g/mol. The Morgan fingerprint density at radius 3 is 2.42 bits per heavy atom. The molecule has 2 nitrogen and oxygen atoms in total. The van der Waals surface area contributed by atoms with Crippen LogP contribution in [-0.2, 0) is 6.42 Å². The van der Waals surface area contributed by atoms with E-state index in [4.69, 9.17) is 10.2 Å². The minimum atomic E-state index is 0.691. The Bertz CT molecular complexity index is 1440. The molecule has 2 aromatic carbocycles. The Morgan fingerprint density at radius 1 is 0.935 bits per heavy atom. The van der Waals surface area contributed by atoms with E-state index in [1.165, 1.54) is 45.7 Å². The molecule has 3 aromatic heterocycles. The number of thiazole rings is 1. The van der Waals surface area contributed by atoms with Crippen LogP contribution in [0.5, 0.6) is 0 Å². The highest BCUT2D eigenvalue weighted by Gasteiger charge is 2.22. The van der Waals surface area contributed by atoms with Crippen molar-refractivity contribution in [2.45, 2.75) is 27.2 Å². The molecule has 0 bridgehead atoms. The quantitative estimate of drug-likeness (QED) is 0.272. The van der Waals surface area contributed by atoms with Gasteiger partial charge in [-0.05, 0) is 50.1 Å². The van der Waals surface area contributed by atoms with Crippen LogP contribution in [0.1, 0.15) is 28.1 Å². The molecule has 0 fully saturated rings. The summed E-state index contributed by atoms with van der Waals surface area (Å²) in [6, 6.07) is 21.1. The molecule has 0 aliphatic heterocycles. The second kappa shape index (κ2) is 8.05. The number of fused-ring (bicyclic) bond motifs is 1. The van der Waals surface area contributed by atoms with E-state index in [-0.39, 0.29) is 0 Å². The first-order chi connectivity index (χ1) is 15.1. The van der Waals surface area contributed by atoms with Gasteiger partial charge < -0.3 is 0 Å². The predicted octanol–water partition coefficient (Wildman–Crippen LogP) is 8.47. The van der Waals surface area contributed by atoms with Crippen LogP contribution in [0.25, 0.3) is 41.4 Å². The molecular formula is C26H20N2S3. The van der Waals surface area contributed by atoms with Gasteiger partial charge in [0.1, 0.15) is 0 Å². The van der Waals surface area contributed by atoms with Gasteiger partial charge in [-0.1, -0.05) is 37.3 Å². The highest BCUT2D eigenvalue weighted by atomic mass is 32.1. The minimum Gasteiger partial charge on any atom is -0.246 e. The number of hydrogen-bond acceptors (Lipinski definition) is 5. The maximum absolute atomic E-state index is 9.10. The Morgan fingerprint density at radius 2 is 1.71 bits per heavy atom. The molecule has 152 valence electrons. The van der Waals surface area contributed by atoms with Gasteiger partial charge in [0, 0.05) is 35.8 Å². The van der Waals surface area contributed by atoms with Gasteiger partial charge in [-0.3, -0.25) is 0 Å². The van der Waals surface area contributed by atoms with Crippen molar-refractivity contribution in [3.63, 3.8) is 0 Å². The van der Waals surface area contributed by atoms with Gasteiger partial charge in [0.25, 0.3) is 0 Å². The Labute approximate surface area is 194 Å². The highest BCUT2D eigenvalue weighted by molar-refractivity contribution is 7.24. The van der Waals surface area contributed by atoms with Crippen molar-refractivity contribution >= 4 is 44.1 Å². The summed E-state index contributed by atoms with van der Waals surface area (Å²) in [7, 11) is 0. The highest BCUT2D eigenvalue weighted by Crippen LogP contribution is 2.50. The van der Waals surface area contributed by atoms with E-state index in [2.05, 4.69) is 57.2 Å². The van der Waals surface area contributed by atoms with Crippen molar-refractivity contribution in [3.05, 3.63) is 75.7 Å². The molecule has 5 aromatic rings. The van der Waals surface area contributed by atoms with Gasteiger partial charge in [0.2, 0.25) is 0 Å². The van der Waals surface area contributed by atoms with Gasteiger partial charge in [-0.15, -0.1) is 34.0 Å². The fourth-order valence-electron chi connectivity index (χ4n) is 3.85. The maximum atomic E-state index is 9.10. The fourth-order valence-corrected chi connectivity index (χ4v) is 7.37. The average molecular weight is 457 g/mol. The topological polar surface area (TPSA) is 36.7 Å². The Balaban J connectivity index is 1.71.